The number of sulfonamides is 1. The third kappa shape index (κ3) is 4.08. The lowest BCUT2D eigenvalue weighted by Gasteiger charge is -2.32. The molecular weight excluding hydrogens is 340 g/mol. The number of piperidine rings is 1. The minimum absolute atomic E-state index is 0.176. The molecule has 1 N–H and O–H groups in total. The van der Waals surface area contributed by atoms with Crippen LogP contribution in [0.2, 0.25) is 0 Å². The molecule has 2 heterocycles. The molecule has 1 aromatic carbocycles. The third-order valence-corrected chi connectivity index (χ3v) is 5.77. The van der Waals surface area contributed by atoms with Gasteiger partial charge in [0.15, 0.2) is 0 Å². The second kappa shape index (κ2) is 7.37. The first-order valence-corrected chi connectivity index (χ1v) is 9.67. The largest absolute Gasteiger partial charge is 0.496 e. The monoisotopic (exact) mass is 362 g/mol. The number of aromatic nitrogens is 2. The van der Waals surface area contributed by atoms with Crippen molar-refractivity contribution in [1.82, 2.24) is 14.7 Å². The van der Waals surface area contributed by atoms with Crippen LogP contribution < -0.4 is 14.4 Å². The highest BCUT2D eigenvalue weighted by Crippen LogP contribution is 2.22. The number of hydrogen-bond donors (Lipinski definition) is 1. The molecule has 0 spiro atoms. The van der Waals surface area contributed by atoms with Crippen LogP contribution in [0.3, 0.4) is 0 Å². The van der Waals surface area contributed by atoms with Gasteiger partial charge >= 0.3 is 0 Å². The summed E-state index contributed by atoms with van der Waals surface area (Å²) in [5, 5.41) is 0. The van der Waals surface area contributed by atoms with Crippen LogP contribution in [-0.2, 0) is 10.0 Å². The zero-order valence-electron chi connectivity index (χ0n) is 14.3. The zero-order valence-corrected chi connectivity index (χ0v) is 15.2. The van der Waals surface area contributed by atoms with Crippen molar-refractivity contribution in [1.29, 1.82) is 0 Å². The van der Waals surface area contributed by atoms with Crippen LogP contribution in [0.4, 0.5) is 5.95 Å². The average Bonchev–Trinajstić information content (AvgIpc) is 2.62. The number of methoxy groups -OCH3 is 1. The molecule has 0 aliphatic carbocycles. The summed E-state index contributed by atoms with van der Waals surface area (Å²) in [6, 6.07) is 6.45. The van der Waals surface area contributed by atoms with Crippen molar-refractivity contribution in [2.24, 2.45) is 0 Å². The molecule has 2 aromatic rings. The van der Waals surface area contributed by atoms with Gasteiger partial charge in [0.25, 0.3) is 0 Å². The van der Waals surface area contributed by atoms with Gasteiger partial charge in [-0.2, -0.15) is 0 Å². The first kappa shape index (κ1) is 17.6. The maximum Gasteiger partial charge on any atom is 0.240 e. The van der Waals surface area contributed by atoms with Crippen molar-refractivity contribution in [3.05, 3.63) is 42.2 Å². The number of hydrogen-bond acceptors (Lipinski definition) is 6. The molecule has 0 radical (unpaired) electrons. The Hall–Kier alpha value is -2.19. The first-order valence-electron chi connectivity index (χ1n) is 8.18. The van der Waals surface area contributed by atoms with Gasteiger partial charge < -0.3 is 9.64 Å². The third-order valence-electron chi connectivity index (χ3n) is 4.25. The zero-order chi connectivity index (χ0) is 17.9. The number of anilines is 1. The van der Waals surface area contributed by atoms with Gasteiger partial charge in [-0.3, -0.25) is 0 Å². The highest BCUT2D eigenvalue weighted by molar-refractivity contribution is 7.89. The van der Waals surface area contributed by atoms with Gasteiger partial charge in [0.1, 0.15) is 5.75 Å². The van der Waals surface area contributed by atoms with E-state index in [0.29, 0.717) is 18.2 Å². The van der Waals surface area contributed by atoms with Crippen molar-refractivity contribution in [3.8, 4) is 5.75 Å². The summed E-state index contributed by atoms with van der Waals surface area (Å²) >= 11 is 0. The molecule has 7 nitrogen and oxygen atoms in total. The molecule has 25 heavy (non-hydrogen) atoms. The van der Waals surface area contributed by atoms with E-state index in [0.717, 1.165) is 24.9 Å². The minimum Gasteiger partial charge on any atom is -0.496 e. The van der Waals surface area contributed by atoms with Gasteiger partial charge in [0, 0.05) is 31.5 Å². The molecular formula is C17H22N4O3S. The summed E-state index contributed by atoms with van der Waals surface area (Å²) < 4.78 is 33.4. The molecule has 0 bridgehead atoms. The van der Waals surface area contributed by atoms with Crippen LogP contribution in [0.25, 0.3) is 0 Å². The van der Waals surface area contributed by atoms with Gasteiger partial charge in [-0.25, -0.2) is 23.1 Å². The molecule has 0 amide bonds. The van der Waals surface area contributed by atoms with E-state index < -0.39 is 10.0 Å². The quantitative estimate of drug-likeness (QED) is 0.872. The van der Waals surface area contributed by atoms with E-state index in [1.165, 1.54) is 0 Å². The van der Waals surface area contributed by atoms with Crippen LogP contribution in [0.1, 0.15) is 18.4 Å². The fourth-order valence-corrected chi connectivity index (χ4v) is 4.36. The minimum atomic E-state index is -3.59. The van der Waals surface area contributed by atoms with E-state index in [1.54, 1.807) is 43.8 Å². The van der Waals surface area contributed by atoms with Crippen molar-refractivity contribution in [3.63, 3.8) is 0 Å². The highest BCUT2D eigenvalue weighted by Gasteiger charge is 2.26. The molecule has 8 heteroatoms. The molecule has 0 saturated carbocycles. The molecule has 3 rings (SSSR count). The molecule has 1 saturated heterocycles. The molecule has 1 atom stereocenters. The van der Waals surface area contributed by atoms with Crippen LogP contribution in [-0.4, -0.2) is 44.6 Å². The summed E-state index contributed by atoms with van der Waals surface area (Å²) in [5.41, 5.74) is 0.785. The molecule has 1 aliphatic rings. The van der Waals surface area contributed by atoms with Gasteiger partial charge in [-0.1, -0.05) is 0 Å². The molecule has 1 unspecified atom stereocenters. The van der Waals surface area contributed by atoms with Crippen LogP contribution >= 0.6 is 0 Å². The van der Waals surface area contributed by atoms with Gasteiger partial charge in [0.05, 0.1) is 12.0 Å². The van der Waals surface area contributed by atoms with E-state index in [2.05, 4.69) is 14.7 Å². The van der Waals surface area contributed by atoms with Gasteiger partial charge in [0.2, 0.25) is 16.0 Å². The summed E-state index contributed by atoms with van der Waals surface area (Å²) in [4.78, 5) is 10.8. The van der Waals surface area contributed by atoms with Crippen LogP contribution in [0.5, 0.6) is 5.75 Å². The number of nitrogens with zero attached hydrogens (tertiary/aromatic N) is 3. The number of ether oxygens (including phenoxy) is 1. The normalized spacial score (nSPS) is 18.2. The molecule has 1 aromatic heterocycles. The Kier molecular flexibility index (Phi) is 5.19. The Labute approximate surface area is 148 Å². The average molecular weight is 362 g/mol. The van der Waals surface area contributed by atoms with E-state index >= 15 is 0 Å². The predicted molar refractivity (Wildman–Crippen MR) is 95.3 cm³/mol. The Morgan fingerprint density at radius 1 is 1.28 bits per heavy atom. The topological polar surface area (TPSA) is 84.4 Å². The Morgan fingerprint density at radius 3 is 2.72 bits per heavy atom. The smallest absolute Gasteiger partial charge is 0.240 e. The maximum atomic E-state index is 12.7. The fourth-order valence-electron chi connectivity index (χ4n) is 3.02. The predicted octanol–water partition coefficient (Wildman–Crippen LogP) is 1.74. The van der Waals surface area contributed by atoms with Crippen molar-refractivity contribution >= 4 is 16.0 Å². The van der Waals surface area contributed by atoms with E-state index in [4.69, 9.17) is 4.74 Å². The summed E-state index contributed by atoms with van der Waals surface area (Å²) in [7, 11) is -2.02. The van der Waals surface area contributed by atoms with Crippen molar-refractivity contribution < 1.29 is 13.2 Å². The molecule has 134 valence electrons. The Balaban J connectivity index is 1.73. The summed E-state index contributed by atoms with van der Waals surface area (Å²) in [6.07, 6.45) is 5.05. The lowest BCUT2D eigenvalue weighted by atomic mass is 10.1. The SMILES string of the molecule is COc1ccc(S(=O)(=O)NC2CCCN(c3ncccn3)C2)cc1C. The van der Waals surface area contributed by atoms with Crippen LogP contribution in [0.15, 0.2) is 41.6 Å². The van der Waals surface area contributed by atoms with Crippen molar-refractivity contribution in [2.75, 3.05) is 25.1 Å². The Bertz CT molecular complexity index is 827. The first-order chi connectivity index (χ1) is 12.0. The second-order valence-electron chi connectivity index (χ2n) is 6.09. The number of rotatable bonds is 5. The number of nitrogens with one attached hydrogen (secondary N) is 1. The lowest BCUT2D eigenvalue weighted by Crippen LogP contribution is -2.48. The standard InChI is InChI=1S/C17H22N4O3S/c1-13-11-15(6-7-16(13)24-2)25(22,23)20-14-5-3-10-21(12-14)17-18-8-4-9-19-17/h4,6-9,11,14,20H,3,5,10,12H2,1-2H3. The summed E-state index contributed by atoms with van der Waals surface area (Å²) in [5.74, 6) is 1.30. The van der Waals surface area contributed by atoms with E-state index in [-0.39, 0.29) is 10.9 Å². The highest BCUT2D eigenvalue weighted by atomic mass is 32.2. The lowest BCUT2D eigenvalue weighted by molar-refractivity contribution is 0.411. The van der Waals surface area contributed by atoms with E-state index in [1.807, 2.05) is 11.8 Å². The van der Waals surface area contributed by atoms with Crippen LogP contribution in [0, 0.1) is 6.92 Å². The van der Waals surface area contributed by atoms with Crippen molar-refractivity contribution in [2.45, 2.75) is 30.7 Å². The number of aryl methyl sites for hydroxylation is 1. The number of benzene rings is 1. The second-order valence-corrected chi connectivity index (χ2v) is 7.80. The molecule has 1 aliphatic heterocycles. The molecule has 1 fully saturated rings. The van der Waals surface area contributed by atoms with Gasteiger partial charge in [-0.15, -0.1) is 0 Å². The Morgan fingerprint density at radius 2 is 2.04 bits per heavy atom. The summed E-state index contributed by atoms with van der Waals surface area (Å²) in [6.45, 7) is 3.20. The van der Waals surface area contributed by atoms with E-state index in [9.17, 15) is 8.42 Å². The maximum absolute atomic E-state index is 12.7. The fraction of sp³-hybridized carbons (Fsp3) is 0.412. The van der Waals surface area contributed by atoms with Gasteiger partial charge in [-0.05, 0) is 49.6 Å².